The lowest BCUT2D eigenvalue weighted by molar-refractivity contribution is -0.117. The van der Waals surface area contributed by atoms with Crippen molar-refractivity contribution in [3.05, 3.63) is 36.0 Å². The van der Waals surface area contributed by atoms with E-state index in [4.69, 9.17) is 0 Å². The number of benzene rings is 1. The Morgan fingerprint density at radius 2 is 2.06 bits per heavy atom. The van der Waals surface area contributed by atoms with Crippen molar-refractivity contribution in [3.63, 3.8) is 0 Å². The second-order valence-electron chi connectivity index (χ2n) is 4.49. The molecular weight excluding hydrogens is 198 g/mol. The van der Waals surface area contributed by atoms with E-state index in [1.807, 2.05) is 12.1 Å². The van der Waals surface area contributed by atoms with E-state index in [0.717, 1.165) is 0 Å². The normalized spacial score (nSPS) is 12.9. The van der Waals surface area contributed by atoms with Crippen LogP contribution >= 0.6 is 0 Å². The minimum absolute atomic E-state index is 0.248. The number of carbonyl (C=O) groups excluding carboxylic acids is 1. The van der Waals surface area contributed by atoms with Crippen molar-refractivity contribution >= 4 is 16.7 Å². The lowest BCUT2D eigenvalue weighted by atomic mass is 10.0. The van der Waals surface area contributed by atoms with Gasteiger partial charge in [-0.25, -0.2) is 0 Å². The van der Waals surface area contributed by atoms with Crippen molar-refractivity contribution in [3.8, 4) is 0 Å². The summed E-state index contributed by atoms with van der Waals surface area (Å²) in [5.41, 5.74) is 2.46. The lowest BCUT2D eigenvalue weighted by Gasteiger charge is -2.11. The maximum Gasteiger partial charge on any atom is 0.130 e. The van der Waals surface area contributed by atoms with Crippen LogP contribution in [0, 0.1) is 0 Å². The van der Waals surface area contributed by atoms with Crippen LogP contribution in [0.1, 0.15) is 31.9 Å². The van der Waals surface area contributed by atoms with Gasteiger partial charge in [-0.15, -0.1) is 0 Å². The van der Waals surface area contributed by atoms with Gasteiger partial charge >= 0.3 is 0 Å². The van der Waals surface area contributed by atoms with Crippen molar-refractivity contribution in [2.45, 2.75) is 26.2 Å². The predicted octanol–water partition coefficient (Wildman–Crippen LogP) is 3.26. The zero-order valence-corrected chi connectivity index (χ0v) is 10.0. The molecule has 0 aliphatic heterocycles. The first kappa shape index (κ1) is 10.9. The number of fused-ring (bicyclic) bond motifs is 1. The summed E-state index contributed by atoms with van der Waals surface area (Å²) in [6, 6.07) is 10.5. The average Bonchev–Trinajstić information content (AvgIpc) is 2.56. The van der Waals surface area contributed by atoms with Gasteiger partial charge in [0.25, 0.3) is 0 Å². The molecule has 0 saturated heterocycles. The highest BCUT2D eigenvalue weighted by Gasteiger charge is 2.13. The van der Waals surface area contributed by atoms with Crippen LogP contribution in [-0.2, 0) is 11.8 Å². The number of carbonyl (C=O) groups is 1. The Labute approximate surface area is 95.9 Å². The summed E-state index contributed by atoms with van der Waals surface area (Å²) in [6.07, 6.45) is 0.615. The van der Waals surface area contributed by atoms with Crippen LogP contribution in [0.25, 0.3) is 10.9 Å². The topological polar surface area (TPSA) is 22.0 Å². The zero-order chi connectivity index (χ0) is 11.7. The third-order valence-corrected chi connectivity index (χ3v) is 3.09. The van der Waals surface area contributed by atoms with Gasteiger partial charge in [-0.3, -0.25) is 0 Å². The third-order valence-electron chi connectivity index (χ3n) is 3.09. The number of hydrogen-bond donors (Lipinski definition) is 0. The van der Waals surface area contributed by atoms with Gasteiger partial charge in [0.15, 0.2) is 0 Å². The SMILES string of the molecule is CC(=O)C[C@H](C)c1cc2ccccc2n1C. The molecule has 1 heterocycles. The lowest BCUT2D eigenvalue weighted by Crippen LogP contribution is -2.05. The number of Topliss-reactive ketones (excluding diaryl/α,β-unsaturated/α-hetero) is 1. The molecule has 0 radical (unpaired) electrons. The van der Waals surface area contributed by atoms with E-state index in [1.165, 1.54) is 16.6 Å². The molecule has 2 aromatic rings. The van der Waals surface area contributed by atoms with Crippen LogP contribution in [0.5, 0.6) is 0 Å². The Bertz CT molecular complexity index is 525. The fourth-order valence-electron chi connectivity index (χ4n) is 2.32. The van der Waals surface area contributed by atoms with Crippen molar-refractivity contribution in [2.24, 2.45) is 7.05 Å². The molecule has 0 aliphatic carbocycles. The van der Waals surface area contributed by atoms with Gasteiger partial charge in [0, 0.05) is 30.6 Å². The molecule has 84 valence electrons. The molecule has 0 N–H and O–H groups in total. The second-order valence-corrected chi connectivity index (χ2v) is 4.49. The quantitative estimate of drug-likeness (QED) is 0.770. The fourth-order valence-corrected chi connectivity index (χ4v) is 2.32. The summed E-state index contributed by atoms with van der Waals surface area (Å²) in [4.78, 5) is 11.1. The molecule has 0 unspecified atom stereocenters. The van der Waals surface area contributed by atoms with Crippen LogP contribution in [-0.4, -0.2) is 10.4 Å². The molecule has 1 atom stereocenters. The smallest absolute Gasteiger partial charge is 0.130 e. The summed E-state index contributed by atoms with van der Waals surface area (Å²) >= 11 is 0. The van der Waals surface area contributed by atoms with Gasteiger partial charge in [-0.2, -0.15) is 0 Å². The first-order valence-corrected chi connectivity index (χ1v) is 5.63. The first-order valence-electron chi connectivity index (χ1n) is 5.63. The summed E-state index contributed by atoms with van der Waals surface area (Å²) < 4.78 is 2.18. The Kier molecular flexibility index (Phi) is 2.82. The number of hydrogen-bond acceptors (Lipinski definition) is 1. The largest absolute Gasteiger partial charge is 0.347 e. The van der Waals surface area contributed by atoms with Gasteiger partial charge in [0.1, 0.15) is 5.78 Å². The average molecular weight is 215 g/mol. The van der Waals surface area contributed by atoms with Gasteiger partial charge in [0.05, 0.1) is 0 Å². The molecule has 0 aliphatic rings. The Hall–Kier alpha value is -1.57. The number of ketones is 1. The molecule has 0 spiro atoms. The van der Waals surface area contributed by atoms with Gasteiger partial charge in [-0.05, 0) is 24.4 Å². The van der Waals surface area contributed by atoms with E-state index in [0.29, 0.717) is 6.42 Å². The molecule has 0 saturated carbocycles. The first-order chi connectivity index (χ1) is 7.59. The molecule has 2 nitrogen and oxygen atoms in total. The Balaban J connectivity index is 2.45. The van der Waals surface area contributed by atoms with E-state index in [1.54, 1.807) is 6.92 Å². The molecule has 0 bridgehead atoms. The Morgan fingerprint density at radius 3 is 2.69 bits per heavy atom. The minimum atomic E-state index is 0.248. The van der Waals surface area contributed by atoms with Crippen molar-refractivity contribution in [2.75, 3.05) is 0 Å². The molecule has 0 fully saturated rings. The monoisotopic (exact) mass is 215 g/mol. The van der Waals surface area contributed by atoms with Crippen molar-refractivity contribution in [1.82, 2.24) is 4.57 Å². The van der Waals surface area contributed by atoms with Crippen LogP contribution in [0.3, 0.4) is 0 Å². The maximum absolute atomic E-state index is 11.1. The fraction of sp³-hybridized carbons (Fsp3) is 0.357. The molecule has 2 rings (SSSR count). The van der Waals surface area contributed by atoms with Crippen LogP contribution in [0.2, 0.25) is 0 Å². The number of para-hydroxylation sites is 1. The van der Waals surface area contributed by atoms with Gasteiger partial charge in [0.2, 0.25) is 0 Å². The summed E-state index contributed by atoms with van der Waals surface area (Å²) in [5.74, 6) is 0.535. The highest BCUT2D eigenvalue weighted by molar-refractivity contribution is 5.82. The van der Waals surface area contributed by atoms with E-state index in [-0.39, 0.29) is 11.7 Å². The molecule has 2 heteroatoms. The standard InChI is InChI=1S/C14H17NO/c1-10(8-11(2)16)14-9-12-6-4-5-7-13(12)15(14)3/h4-7,9-10H,8H2,1-3H3/t10-/m0/s1. The molecular formula is C14H17NO. The predicted molar refractivity (Wildman–Crippen MR) is 66.6 cm³/mol. The number of aromatic nitrogens is 1. The molecule has 16 heavy (non-hydrogen) atoms. The highest BCUT2D eigenvalue weighted by Crippen LogP contribution is 2.26. The van der Waals surface area contributed by atoms with Crippen molar-refractivity contribution in [1.29, 1.82) is 0 Å². The minimum Gasteiger partial charge on any atom is -0.347 e. The number of nitrogens with zero attached hydrogens (tertiary/aromatic N) is 1. The van der Waals surface area contributed by atoms with Crippen LogP contribution in [0.15, 0.2) is 30.3 Å². The molecule has 0 amide bonds. The van der Waals surface area contributed by atoms with E-state index in [9.17, 15) is 4.79 Å². The van der Waals surface area contributed by atoms with E-state index >= 15 is 0 Å². The zero-order valence-electron chi connectivity index (χ0n) is 10.0. The van der Waals surface area contributed by atoms with Crippen molar-refractivity contribution < 1.29 is 4.79 Å². The van der Waals surface area contributed by atoms with E-state index in [2.05, 4.69) is 36.7 Å². The van der Waals surface area contributed by atoms with Crippen LogP contribution in [0.4, 0.5) is 0 Å². The maximum atomic E-state index is 11.1. The summed E-state index contributed by atoms with van der Waals surface area (Å²) in [6.45, 7) is 3.76. The molecule has 1 aromatic heterocycles. The summed E-state index contributed by atoms with van der Waals surface area (Å²) in [7, 11) is 2.06. The Morgan fingerprint density at radius 1 is 1.38 bits per heavy atom. The third kappa shape index (κ3) is 1.87. The number of rotatable bonds is 3. The second kappa shape index (κ2) is 4.12. The van der Waals surface area contributed by atoms with Crippen LogP contribution < -0.4 is 0 Å². The van der Waals surface area contributed by atoms with Gasteiger partial charge < -0.3 is 9.36 Å². The molecule has 1 aromatic carbocycles. The van der Waals surface area contributed by atoms with Gasteiger partial charge in [-0.1, -0.05) is 25.1 Å². The number of aryl methyl sites for hydroxylation is 1. The highest BCUT2D eigenvalue weighted by atomic mass is 16.1. The summed E-state index contributed by atoms with van der Waals surface area (Å²) in [5, 5.41) is 1.25. The van der Waals surface area contributed by atoms with E-state index < -0.39 is 0 Å².